The van der Waals surface area contributed by atoms with Gasteiger partial charge in [0, 0.05) is 23.7 Å². The van der Waals surface area contributed by atoms with Crippen molar-refractivity contribution >= 4 is 40.1 Å². The highest BCUT2D eigenvalue weighted by Crippen LogP contribution is 2.65. The molecular weight excluding hydrogens is 456 g/mol. The third-order valence-corrected chi connectivity index (χ3v) is 8.48. The number of furan rings is 1. The molecule has 10 heteroatoms. The lowest BCUT2D eigenvalue weighted by molar-refractivity contribution is -0.118. The molecule has 1 saturated heterocycles. The molecule has 1 aromatic carbocycles. The van der Waals surface area contributed by atoms with E-state index in [-0.39, 0.29) is 17.4 Å². The van der Waals surface area contributed by atoms with Gasteiger partial charge < -0.3 is 19.8 Å². The van der Waals surface area contributed by atoms with Crippen LogP contribution >= 0.6 is 11.6 Å². The molecule has 6 atom stereocenters. The van der Waals surface area contributed by atoms with Gasteiger partial charge in [-0.2, -0.15) is 4.98 Å². The lowest BCUT2D eigenvalue weighted by atomic mass is 9.74. The number of methoxy groups -OCH3 is 1. The second-order valence-electron chi connectivity index (χ2n) is 9.88. The monoisotopic (exact) mass is 480 g/mol. The Kier molecular flexibility index (Phi) is 4.40. The van der Waals surface area contributed by atoms with E-state index in [4.69, 9.17) is 20.8 Å². The number of hydrogen-bond acceptors (Lipinski definition) is 8. The zero-order valence-corrected chi connectivity index (χ0v) is 19.4. The average Bonchev–Trinajstić information content (AvgIpc) is 3.07. The summed E-state index contributed by atoms with van der Waals surface area (Å²) in [6, 6.07) is 7.99. The summed E-state index contributed by atoms with van der Waals surface area (Å²) in [7, 11) is 1.67. The molecule has 4 N–H and O–H groups in total. The number of anilines is 2. The molecule has 3 fully saturated rings. The Morgan fingerprint density at radius 1 is 1.24 bits per heavy atom. The number of amides is 1. The second-order valence-corrected chi connectivity index (χ2v) is 10.2. The fourth-order valence-electron chi connectivity index (χ4n) is 6.60. The SMILES string of the molecule is COc1ccc2c(c1)[C@]1(C[C@H]1C1CCC3C(C1)NNC3Nc1nc(Cl)nc3ccoc13)C(=O)N2. The van der Waals surface area contributed by atoms with E-state index in [1.54, 1.807) is 19.4 Å². The average molecular weight is 481 g/mol. The summed E-state index contributed by atoms with van der Waals surface area (Å²) in [5.74, 6) is 2.77. The number of rotatable bonds is 4. The van der Waals surface area contributed by atoms with Gasteiger partial charge in [0.15, 0.2) is 11.4 Å². The predicted molar refractivity (Wildman–Crippen MR) is 127 cm³/mol. The van der Waals surface area contributed by atoms with E-state index in [2.05, 4.69) is 31.5 Å². The molecule has 9 nitrogen and oxygen atoms in total. The highest BCUT2D eigenvalue weighted by Gasteiger charge is 2.67. The molecule has 34 heavy (non-hydrogen) atoms. The molecule has 4 unspecified atom stereocenters. The number of hydrazine groups is 1. The molecule has 2 aliphatic heterocycles. The minimum atomic E-state index is -0.395. The number of benzene rings is 1. The third-order valence-electron chi connectivity index (χ3n) is 8.31. The fraction of sp³-hybridized carbons (Fsp3) is 0.458. The third kappa shape index (κ3) is 2.90. The van der Waals surface area contributed by atoms with Crippen molar-refractivity contribution in [2.24, 2.45) is 17.8 Å². The van der Waals surface area contributed by atoms with Gasteiger partial charge in [-0.25, -0.2) is 10.4 Å². The van der Waals surface area contributed by atoms with Crippen molar-refractivity contribution in [1.29, 1.82) is 0 Å². The van der Waals surface area contributed by atoms with Gasteiger partial charge in [-0.1, -0.05) is 0 Å². The number of nitrogens with zero attached hydrogens (tertiary/aromatic N) is 2. The lowest BCUT2D eigenvalue weighted by Crippen LogP contribution is -2.39. The second kappa shape index (κ2) is 7.31. The van der Waals surface area contributed by atoms with E-state index < -0.39 is 5.41 Å². The molecule has 2 aromatic heterocycles. The molecule has 1 spiro atoms. The van der Waals surface area contributed by atoms with Gasteiger partial charge in [0.25, 0.3) is 0 Å². The zero-order valence-electron chi connectivity index (χ0n) is 18.6. The number of carbonyl (C=O) groups excluding carboxylic acids is 1. The summed E-state index contributed by atoms with van der Waals surface area (Å²) in [5.41, 5.74) is 9.81. The van der Waals surface area contributed by atoms with Gasteiger partial charge in [-0.15, -0.1) is 0 Å². The maximum Gasteiger partial charge on any atom is 0.235 e. The van der Waals surface area contributed by atoms with E-state index in [0.717, 1.165) is 42.7 Å². The maximum absolute atomic E-state index is 13.0. The Balaban J connectivity index is 1.08. The molecule has 0 radical (unpaired) electrons. The summed E-state index contributed by atoms with van der Waals surface area (Å²) >= 11 is 6.11. The predicted octanol–water partition coefficient (Wildman–Crippen LogP) is 3.43. The van der Waals surface area contributed by atoms with E-state index in [9.17, 15) is 4.79 Å². The van der Waals surface area contributed by atoms with Crippen LogP contribution in [0.2, 0.25) is 5.28 Å². The van der Waals surface area contributed by atoms with Crippen LogP contribution in [-0.2, 0) is 10.2 Å². The minimum Gasteiger partial charge on any atom is -0.497 e. The zero-order chi connectivity index (χ0) is 23.0. The Hall–Kier alpha value is -2.88. The highest BCUT2D eigenvalue weighted by molar-refractivity contribution is 6.28. The molecule has 2 aliphatic carbocycles. The first kappa shape index (κ1) is 20.5. The van der Waals surface area contributed by atoms with Gasteiger partial charge in [-0.05, 0) is 72.9 Å². The summed E-state index contributed by atoms with van der Waals surface area (Å²) in [6.07, 6.45) is 5.65. The van der Waals surface area contributed by atoms with Crippen LogP contribution in [0, 0.1) is 17.8 Å². The number of hydrogen-bond donors (Lipinski definition) is 4. The molecule has 1 amide bonds. The van der Waals surface area contributed by atoms with Crippen LogP contribution in [0.4, 0.5) is 11.5 Å². The number of ether oxygens (including phenoxy) is 1. The summed E-state index contributed by atoms with van der Waals surface area (Å²) < 4.78 is 11.0. The summed E-state index contributed by atoms with van der Waals surface area (Å²) in [6.45, 7) is 0. The number of carbonyl (C=O) groups is 1. The number of fused-ring (bicyclic) bond motifs is 4. The number of nitrogens with one attached hydrogen (secondary N) is 4. The Bertz CT molecular complexity index is 1310. The minimum absolute atomic E-state index is 0.00172. The van der Waals surface area contributed by atoms with E-state index in [0.29, 0.717) is 40.7 Å². The number of aromatic nitrogens is 2. The van der Waals surface area contributed by atoms with Crippen LogP contribution in [0.5, 0.6) is 5.75 Å². The fourth-order valence-corrected chi connectivity index (χ4v) is 6.77. The van der Waals surface area contributed by atoms with Crippen LogP contribution in [0.3, 0.4) is 0 Å². The van der Waals surface area contributed by atoms with Gasteiger partial charge in [0.1, 0.15) is 11.3 Å². The van der Waals surface area contributed by atoms with Gasteiger partial charge in [0.05, 0.1) is 25.0 Å². The van der Waals surface area contributed by atoms with Crippen molar-refractivity contribution in [3.63, 3.8) is 0 Å². The topological polar surface area (TPSA) is 113 Å². The first-order valence-electron chi connectivity index (χ1n) is 11.7. The van der Waals surface area contributed by atoms with Crippen LogP contribution in [0.25, 0.3) is 11.1 Å². The summed E-state index contributed by atoms with van der Waals surface area (Å²) in [5, 5.41) is 6.76. The van der Waals surface area contributed by atoms with Crippen LogP contribution in [-0.4, -0.2) is 35.2 Å². The van der Waals surface area contributed by atoms with Crippen LogP contribution in [0.1, 0.15) is 31.2 Å². The lowest BCUT2D eigenvalue weighted by Gasteiger charge is -2.34. The smallest absolute Gasteiger partial charge is 0.235 e. The molecular formula is C24H25ClN6O3. The largest absolute Gasteiger partial charge is 0.497 e. The molecule has 2 saturated carbocycles. The van der Waals surface area contributed by atoms with E-state index in [1.165, 1.54) is 0 Å². The van der Waals surface area contributed by atoms with Crippen molar-refractivity contribution in [1.82, 2.24) is 20.8 Å². The molecule has 7 rings (SSSR count). The molecule has 0 bridgehead atoms. The molecule has 176 valence electrons. The van der Waals surface area contributed by atoms with Crippen molar-refractivity contribution < 1.29 is 13.9 Å². The van der Waals surface area contributed by atoms with Gasteiger partial charge >= 0.3 is 0 Å². The Morgan fingerprint density at radius 2 is 2.15 bits per heavy atom. The van der Waals surface area contributed by atoms with Gasteiger partial charge in [-0.3, -0.25) is 10.2 Å². The Morgan fingerprint density at radius 3 is 3.03 bits per heavy atom. The van der Waals surface area contributed by atoms with E-state index >= 15 is 0 Å². The Labute approximate surface area is 201 Å². The first-order valence-corrected chi connectivity index (χ1v) is 12.1. The van der Waals surface area contributed by atoms with Crippen molar-refractivity contribution in [2.75, 3.05) is 17.7 Å². The molecule has 4 aliphatic rings. The van der Waals surface area contributed by atoms with Gasteiger partial charge in [0.2, 0.25) is 11.2 Å². The van der Waals surface area contributed by atoms with Crippen LogP contribution < -0.4 is 26.2 Å². The standard InChI is InChI=1S/C24H25ClN6O3/c1-33-12-3-5-16-14(9-12)24(22(32)26-16)10-15(24)11-2-4-13-18(8-11)30-31-20(13)28-21-19-17(6-7-34-19)27-23(25)29-21/h3,5-7,9,11,13,15,18,20,30-31H,2,4,8,10H2,1H3,(H,26,32)(H,27,28,29)/t11?,13?,15-,18?,20?,24-/m0/s1. The van der Waals surface area contributed by atoms with Crippen molar-refractivity contribution in [2.45, 2.75) is 43.3 Å². The molecule has 3 aromatic rings. The maximum atomic E-state index is 13.0. The van der Waals surface area contributed by atoms with E-state index in [1.807, 2.05) is 18.2 Å². The van der Waals surface area contributed by atoms with Crippen molar-refractivity contribution in [3.05, 3.63) is 41.4 Å². The summed E-state index contributed by atoms with van der Waals surface area (Å²) in [4.78, 5) is 21.6. The quantitative estimate of drug-likeness (QED) is 0.420. The first-order chi connectivity index (χ1) is 16.6. The van der Waals surface area contributed by atoms with Crippen LogP contribution in [0.15, 0.2) is 34.9 Å². The highest BCUT2D eigenvalue weighted by atomic mass is 35.5. The molecule has 4 heterocycles. The normalized spacial score (nSPS) is 33.6. The number of halogens is 1. The van der Waals surface area contributed by atoms with Crippen molar-refractivity contribution in [3.8, 4) is 5.75 Å².